The molecule has 98 valence electrons. The van der Waals surface area contributed by atoms with Gasteiger partial charge in [0.25, 0.3) is 0 Å². The van der Waals surface area contributed by atoms with Gasteiger partial charge in [-0.15, -0.1) is 0 Å². The molecule has 0 N–H and O–H groups in total. The molecule has 0 saturated heterocycles. The van der Waals surface area contributed by atoms with Crippen LogP contribution >= 0.6 is 0 Å². The van der Waals surface area contributed by atoms with Crippen LogP contribution in [0.15, 0.2) is 18.2 Å². The summed E-state index contributed by atoms with van der Waals surface area (Å²) in [7, 11) is 0. The van der Waals surface area contributed by atoms with Crippen molar-refractivity contribution in [3.05, 3.63) is 34.9 Å². The van der Waals surface area contributed by atoms with E-state index in [-0.39, 0.29) is 5.92 Å². The van der Waals surface area contributed by atoms with Crippen LogP contribution in [0.3, 0.4) is 0 Å². The Morgan fingerprint density at radius 1 is 1.06 bits per heavy atom. The third kappa shape index (κ3) is 2.82. The summed E-state index contributed by atoms with van der Waals surface area (Å²) in [5.74, 6) is 0.669. The molecule has 0 atom stereocenters. The maximum Gasteiger partial charge on any atom is 0.165 e. The van der Waals surface area contributed by atoms with Crippen molar-refractivity contribution in [3.8, 4) is 0 Å². The lowest BCUT2D eigenvalue weighted by atomic mass is 9.83. The summed E-state index contributed by atoms with van der Waals surface area (Å²) in [4.78, 5) is 12.5. The lowest BCUT2D eigenvalue weighted by molar-refractivity contribution is 0.0889. The molecule has 0 amide bonds. The Balaban J connectivity index is 2.19. The Morgan fingerprint density at radius 3 is 2.33 bits per heavy atom. The van der Waals surface area contributed by atoms with Crippen molar-refractivity contribution in [2.75, 3.05) is 0 Å². The molecule has 1 saturated carbocycles. The highest BCUT2D eigenvalue weighted by Gasteiger charge is 2.22. The first kappa shape index (κ1) is 13.3. The minimum absolute atomic E-state index is 0.288. The molecule has 1 aliphatic carbocycles. The minimum atomic E-state index is 0.288. The molecular formula is C17H24O. The van der Waals surface area contributed by atoms with Crippen molar-refractivity contribution in [3.63, 3.8) is 0 Å². The predicted octanol–water partition coefficient (Wildman–Crippen LogP) is 4.57. The van der Waals surface area contributed by atoms with Gasteiger partial charge in [0.1, 0.15) is 0 Å². The lowest BCUT2D eigenvalue weighted by Crippen LogP contribution is -2.18. The molecule has 0 radical (unpaired) electrons. The van der Waals surface area contributed by atoms with E-state index in [1.54, 1.807) is 0 Å². The maximum atomic E-state index is 12.5. The highest BCUT2D eigenvalue weighted by Crippen LogP contribution is 2.27. The van der Waals surface area contributed by atoms with Gasteiger partial charge in [-0.1, -0.05) is 45.2 Å². The van der Waals surface area contributed by atoms with Gasteiger partial charge in [0.15, 0.2) is 5.78 Å². The second kappa shape index (κ2) is 6.17. The average Bonchev–Trinajstić information content (AvgIpc) is 2.46. The first-order valence-corrected chi connectivity index (χ1v) is 7.42. The van der Waals surface area contributed by atoms with Gasteiger partial charge in [0, 0.05) is 11.5 Å². The van der Waals surface area contributed by atoms with E-state index in [9.17, 15) is 4.79 Å². The van der Waals surface area contributed by atoms with E-state index < -0.39 is 0 Å². The molecule has 1 heteroatoms. The second-order valence-corrected chi connectivity index (χ2v) is 5.39. The van der Waals surface area contributed by atoms with Gasteiger partial charge < -0.3 is 0 Å². The van der Waals surface area contributed by atoms with Crippen molar-refractivity contribution in [1.82, 2.24) is 0 Å². The molecule has 18 heavy (non-hydrogen) atoms. The number of carbonyl (C=O) groups is 1. The van der Waals surface area contributed by atoms with Gasteiger partial charge in [-0.2, -0.15) is 0 Å². The topological polar surface area (TPSA) is 17.1 Å². The Kier molecular flexibility index (Phi) is 4.57. The summed E-state index contributed by atoms with van der Waals surface area (Å²) >= 11 is 0. The molecule has 0 aliphatic heterocycles. The van der Waals surface area contributed by atoms with Crippen molar-refractivity contribution in [2.45, 2.75) is 58.8 Å². The molecule has 1 nitrogen and oxygen atoms in total. The summed E-state index contributed by atoms with van der Waals surface area (Å²) in [5.41, 5.74) is 3.67. The highest BCUT2D eigenvalue weighted by atomic mass is 16.1. The zero-order valence-corrected chi connectivity index (χ0v) is 11.7. The second-order valence-electron chi connectivity index (χ2n) is 5.39. The molecule has 0 spiro atoms. The predicted molar refractivity (Wildman–Crippen MR) is 76.1 cm³/mol. The first-order chi connectivity index (χ1) is 8.76. The minimum Gasteiger partial charge on any atom is -0.294 e. The number of hydrogen-bond donors (Lipinski definition) is 0. The van der Waals surface area contributed by atoms with Crippen LogP contribution in [0.2, 0.25) is 0 Å². The monoisotopic (exact) mass is 244 g/mol. The molecule has 2 rings (SSSR count). The molecule has 1 aliphatic rings. The Hall–Kier alpha value is -1.11. The van der Waals surface area contributed by atoms with Gasteiger partial charge in [-0.25, -0.2) is 0 Å². The molecule has 0 unspecified atom stereocenters. The van der Waals surface area contributed by atoms with Gasteiger partial charge in [0.05, 0.1) is 0 Å². The fourth-order valence-corrected chi connectivity index (χ4v) is 3.05. The lowest BCUT2D eigenvalue weighted by Gasteiger charge is -2.20. The van der Waals surface area contributed by atoms with E-state index >= 15 is 0 Å². The van der Waals surface area contributed by atoms with Crippen LogP contribution in [0.4, 0.5) is 0 Å². The fraction of sp³-hybridized carbons (Fsp3) is 0.588. The number of hydrogen-bond acceptors (Lipinski definition) is 1. The van der Waals surface area contributed by atoms with Gasteiger partial charge in [0.2, 0.25) is 0 Å². The SMILES string of the molecule is CCc1ccc(C(=O)C2CCCCC2)cc1CC. The van der Waals surface area contributed by atoms with Crippen molar-refractivity contribution >= 4 is 5.78 Å². The quantitative estimate of drug-likeness (QED) is 0.709. The van der Waals surface area contributed by atoms with Crippen LogP contribution in [0.1, 0.15) is 67.4 Å². The van der Waals surface area contributed by atoms with Gasteiger partial charge in [-0.05, 0) is 42.9 Å². The number of carbonyl (C=O) groups excluding carboxylic acids is 1. The smallest absolute Gasteiger partial charge is 0.165 e. The highest BCUT2D eigenvalue weighted by molar-refractivity contribution is 5.98. The molecule has 0 aromatic heterocycles. The van der Waals surface area contributed by atoms with Crippen LogP contribution < -0.4 is 0 Å². The third-order valence-electron chi connectivity index (χ3n) is 4.23. The van der Waals surface area contributed by atoms with E-state index in [0.29, 0.717) is 5.78 Å². The summed E-state index contributed by atoms with van der Waals surface area (Å²) in [6.07, 6.45) is 8.02. The number of Topliss-reactive ketones (excluding diaryl/α,β-unsaturated/α-hetero) is 1. The zero-order chi connectivity index (χ0) is 13.0. The third-order valence-corrected chi connectivity index (χ3v) is 4.23. The van der Waals surface area contributed by atoms with Gasteiger partial charge >= 0.3 is 0 Å². The number of benzene rings is 1. The van der Waals surface area contributed by atoms with Gasteiger partial charge in [-0.3, -0.25) is 4.79 Å². The van der Waals surface area contributed by atoms with E-state index in [4.69, 9.17) is 0 Å². The van der Waals surface area contributed by atoms with Crippen LogP contribution in [0.25, 0.3) is 0 Å². The Labute approximate surface area is 111 Å². The van der Waals surface area contributed by atoms with E-state index in [1.165, 1.54) is 30.4 Å². The summed E-state index contributed by atoms with van der Waals surface area (Å²) in [6, 6.07) is 6.32. The molecule has 1 aromatic rings. The standard InChI is InChI=1S/C17H24O/c1-3-13-10-11-16(12-14(13)4-2)17(18)15-8-6-5-7-9-15/h10-12,15H,3-9H2,1-2H3. The molecule has 1 aromatic carbocycles. The molecule has 0 heterocycles. The normalized spacial score (nSPS) is 16.8. The van der Waals surface area contributed by atoms with Crippen LogP contribution in [0, 0.1) is 5.92 Å². The Bertz CT molecular complexity index is 414. The van der Waals surface area contributed by atoms with E-state index in [2.05, 4.69) is 26.0 Å². The summed E-state index contributed by atoms with van der Waals surface area (Å²) in [6.45, 7) is 4.35. The Morgan fingerprint density at radius 2 is 1.72 bits per heavy atom. The fourth-order valence-electron chi connectivity index (χ4n) is 3.05. The number of ketones is 1. The molecule has 1 fully saturated rings. The van der Waals surface area contributed by atoms with E-state index in [1.807, 2.05) is 6.07 Å². The van der Waals surface area contributed by atoms with Crippen molar-refractivity contribution < 1.29 is 4.79 Å². The first-order valence-electron chi connectivity index (χ1n) is 7.42. The van der Waals surface area contributed by atoms with E-state index in [0.717, 1.165) is 31.2 Å². The average molecular weight is 244 g/mol. The summed E-state index contributed by atoms with van der Waals surface area (Å²) in [5, 5.41) is 0. The zero-order valence-electron chi connectivity index (χ0n) is 11.7. The van der Waals surface area contributed by atoms with Crippen molar-refractivity contribution in [1.29, 1.82) is 0 Å². The van der Waals surface area contributed by atoms with Crippen molar-refractivity contribution in [2.24, 2.45) is 5.92 Å². The number of rotatable bonds is 4. The summed E-state index contributed by atoms with van der Waals surface area (Å²) < 4.78 is 0. The maximum absolute atomic E-state index is 12.5. The molecular weight excluding hydrogens is 220 g/mol. The van der Waals surface area contributed by atoms with Crippen LogP contribution in [-0.2, 0) is 12.8 Å². The number of aryl methyl sites for hydroxylation is 2. The van der Waals surface area contributed by atoms with Crippen LogP contribution in [-0.4, -0.2) is 5.78 Å². The largest absolute Gasteiger partial charge is 0.294 e. The molecule has 0 bridgehead atoms. The van der Waals surface area contributed by atoms with Crippen LogP contribution in [0.5, 0.6) is 0 Å².